The van der Waals surface area contributed by atoms with E-state index in [1.807, 2.05) is 16.7 Å². The number of hydrogen-bond acceptors (Lipinski definition) is 5. The summed E-state index contributed by atoms with van der Waals surface area (Å²) in [6.45, 7) is 0.271. The number of halogens is 3. The van der Waals surface area contributed by atoms with Gasteiger partial charge in [-0.15, -0.1) is 0 Å². The van der Waals surface area contributed by atoms with Crippen LogP contribution in [0.15, 0.2) is 71.8 Å². The predicted octanol–water partition coefficient (Wildman–Crippen LogP) is 4.49. The summed E-state index contributed by atoms with van der Waals surface area (Å²) in [5.41, 5.74) is 0.105. The SMILES string of the molecule is O=C(c1ccc(S(=O)(=O)[C@H]2CCOC2)cc1)N1CCC2(CC1C(F)(F)F)Oc1ccccc1-n1cccc12. The lowest BCUT2D eigenvalue weighted by molar-refractivity contribution is -0.202. The van der Waals surface area contributed by atoms with E-state index < -0.39 is 45.2 Å². The molecule has 0 aliphatic carbocycles. The largest absolute Gasteiger partial charge is 0.479 e. The summed E-state index contributed by atoms with van der Waals surface area (Å²) in [6, 6.07) is 13.7. The fourth-order valence-electron chi connectivity index (χ4n) is 5.71. The number of rotatable bonds is 3. The number of benzene rings is 2. The maximum atomic E-state index is 14.4. The lowest BCUT2D eigenvalue weighted by Crippen LogP contribution is -2.59. The van der Waals surface area contributed by atoms with E-state index in [1.165, 1.54) is 24.3 Å². The Bertz CT molecular complexity index is 1480. The average molecular weight is 547 g/mol. The van der Waals surface area contributed by atoms with Crippen LogP contribution in [0.3, 0.4) is 0 Å². The van der Waals surface area contributed by atoms with Gasteiger partial charge in [-0.05, 0) is 55.0 Å². The van der Waals surface area contributed by atoms with Crippen molar-refractivity contribution in [3.63, 3.8) is 0 Å². The van der Waals surface area contributed by atoms with Crippen LogP contribution in [0.4, 0.5) is 13.2 Å². The Kier molecular flexibility index (Phi) is 5.84. The minimum atomic E-state index is -4.70. The summed E-state index contributed by atoms with van der Waals surface area (Å²) >= 11 is 0. The Morgan fingerprint density at radius 1 is 1.03 bits per heavy atom. The van der Waals surface area contributed by atoms with E-state index in [2.05, 4.69) is 0 Å². The van der Waals surface area contributed by atoms with Crippen LogP contribution < -0.4 is 4.74 Å². The minimum absolute atomic E-state index is 0.00453. The fraction of sp³-hybridized carbons (Fsp3) is 0.370. The Morgan fingerprint density at radius 3 is 2.50 bits per heavy atom. The van der Waals surface area contributed by atoms with Gasteiger partial charge in [-0.2, -0.15) is 13.2 Å². The third-order valence-electron chi connectivity index (χ3n) is 7.70. The van der Waals surface area contributed by atoms with Crippen molar-refractivity contribution in [3.05, 3.63) is 78.1 Å². The molecule has 1 spiro atoms. The monoisotopic (exact) mass is 546 g/mol. The Morgan fingerprint density at radius 2 is 1.79 bits per heavy atom. The normalized spacial score (nSPS) is 25.1. The number of piperidine rings is 1. The summed E-state index contributed by atoms with van der Waals surface area (Å²) < 4.78 is 82.2. The van der Waals surface area contributed by atoms with Crippen molar-refractivity contribution in [2.45, 2.75) is 47.2 Å². The number of para-hydroxylation sites is 2. The smallest absolute Gasteiger partial charge is 0.408 e. The van der Waals surface area contributed by atoms with Gasteiger partial charge in [0.05, 0.1) is 28.1 Å². The third-order valence-corrected chi connectivity index (χ3v) is 9.88. The van der Waals surface area contributed by atoms with Crippen molar-refractivity contribution >= 4 is 15.7 Å². The van der Waals surface area contributed by atoms with E-state index in [0.29, 0.717) is 24.5 Å². The first-order chi connectivity index (χ1) is 18.1. The molecular formula is C27H25F3N2O5S. The first-order valence-electron chi connectivity index (χ1n) is 12.4. The summed E-state index contributed by atoms with van der Waals surface area (Å²) in [5.74, 6) is -0.316. The Hall–Kier alpha value is -3.31. The molecular weight excluding hydrogens is 521 g/mol. The van der Waals surface area contributed by atoms with Gasteiger partial charge in [0, 0.05) is 37.8 Å². The topological polar surface area (TPSA) is 77.8 Å². The highest BCUT2D eigenvalue weighted by Crippen LogP contribution is 2.49. The van der Waals surface area contributed by atoms with E-state index >= 15 is 0 Å². The van der Waals surface area contributed by atoms with Crippen LogP contribution in [0.2, 0.25) is 0 Å². The summed E-state index contributed by atoms with van der Waals surface area (Å²) in [5, 5.41) is -0.670. The second-order valence-electron chi connectivity index (χ2n) is 9.89. The maximum Gasteiger partial charge on any atom is 0.408 e. The lowest BCUT2D eigenvalue weighted by atomic mass is 9.81. The second kappa shape index (κ2) is 8.88. The molecule has 2 saturated heterocycles. The zero-order chi connectivity index (χ0) is 26.7. The van der Waals surface area contributed by atoms with Crippen LogP contribution in [0, 0.1) is 0 Å². The van der Waals surface area contributed by atoms with Crippen LogP contribution in [-0.4, -0.2) is 61.0 Å². The van der Waals surface area contributed by atoms with E-state index in [9.17, 15) is 26.4 Å². The van der Waals surface area contributed by atoms with E-state index in [-0.39, 0.29) is 30.0 Å². The second-order valence-corrected chi connectivity index (χ2v) is 12.1. The zero-order valence-electron chi connectivity index (χ0n) is 20.2. The van der Waals surface area contributed by atoms with Crippen molar-refractivity contribution in [3.8, 4) is 11.4 Å². The molecule has 3 aliphatic rings. The molecule has 38 heavy (non-hydrogen) atoms. The standard InChI is InChI=1S/C27H25F3N2O5S/c28-27(29,30)24-16-26(23-6-3-13-31(23)21-4-1-2-5-22(21)37-26)12-14-32(24)25(33)18-7-9-19(10-8-18)38(34,35)20-11-15-36-17-20/h1-10,13,20,24H,11-12,14-17H2/t20-,24?,26?/m0/s1. The Labute approximate surface area is 217 Å². The van der Waals surface area contributed by atoms with Gasteiger partial charge in [0.25, 0.3) is 5.91 Å². The van der Waals surface area contributed by atoms with Crippen LogP contribution in [-0.2, 0) is 20.2 Å². The van der Waals surface area contributed by atoms with Gasteiger partial charge in [-0.3, -0.25) is 4.79 Å². The number of amides is 1. The number of carbonyl (C=O) groups is 1. The first kappa shape index (κ1) is 25.0. The molecule has 6 rings (SSSR count). The van der Waals surface area contributed by atoms with Gasteiger partial charge in [0.2, 0.25) is 0 Å². The van der Waals surface area contributed by atoms with Gasteiger partial charge in [-0.1, -0.05) is 12.1 Å². The van der Waals surface area contributed by atoms with Gasteiger partial charge >= 0.3 is 6.18 Å². The molecule has 2 aromatic carbocycles. The lowest BCUT2D eigenvalue weighted by Gasteiger charge is -2.48. The van der Waals surface area contributed by atoms with E-state index in [1.54, 1.807) is 30.5 Å². The molecule has 2 unspecified atom stereocenters. The van der Waals surface area contributed by atoms with Gasteiger partial charge < -0.3 is 18.9 Å². The highest BCUT2D eigenvalue weighted by Gasteiger charge is 2.56. The number of likely N-dealkylation sites (tertiary alicyclic amines) is 1. The third kappa shape index (κ3) is 3.99. The zero-order valence-corrected chi connectivity index (χ0v) is 21.0. The van der Waals surface area contributed by atoms with Gasteiger partial charge in [0.1, 0.15) is 11.8 Å². The Balaban J connectivity index is 1.29. The van der Waals surface area contributed by atoms with Crippen molar-refractivity contribution in [1.29, 1.82) is 0 Å². The van der Waals surface area contributed by atoms with Crippen molar-refractivity contribution in [2.75, 3.05) is 19.8 Å². The quantitative estimate of drug-likeness (QED) is 0.484. The van der Waals surface area contributed by atoms with Crippen LogP contribution in [0.25, 0.3) is 5.69 Å². The minimum Gasteiger partial charge on any atom is -0.479 e. The number of alkyl halides is 3. The van der Waals surface area contributed by atoms with Crippen molar-refractivity contribution in [1.82, 2.24) is 9.47 Å². The van der Waals surface area contributed by atoms with E-state index in [4.69, 9.17) is 9.47 Å². The summed E-state index contributed by atoms with van der Waals surface area (Å²) in [7, 11) is -3.65. The van der Waals surface area contributed by atoms with Gasteiger partial charge in [-0.25, -0.2) is 8.42 Å². The molecule has 1 aromatic heterocycles. The highest BCUT2D eigenvalue weighted by molar-refractivity contribution is 7.92. The van der Waals surface area contributed by atoms with Gasteiger partial charge in [0.15, 0.2) is 15.4 Å². The molecule has 11 heteroatoms. The molecule has 1 amide bonds. The van der Waals surface area contributed by atoms with Crippen molar-refractivity contribution < 1.29 is 35.9 Å². The molecule has 3 aromatic rings. The number of aromatic nitrogens is 1. The number of ether oxygens (including phenoxy) is 2. The maximum absolute atomic E-state index is 14.4. The number of nitrogens with zero attached hydrogens (tertiary/aromatic N) is 2. The molecule has 3 atom stereocenters. The van der Waals surface area contributed by atoms with Crippen molar-refractivity contribution in [2.24, 2.45) is 0 Å². The molecule has 0 N–H and O–H groups in total. The van der Waals surface area contributed by atoms with E-state index in [0.717, 1.165) is 10.6 Å². The number of sulfone groups is 1. The average Bonchev–Trinajstić information content (AvgIpc) is 3.62. The first-order valence-corrected chi connectivity index (χ1v) is 13.9. The molecule has 0 saturated carbocycles. The number of fused-ring (bicyclic) bond motifs is 4. The van der Waals surface area contributed by atoms with Crippen LogP contribution in [0.1, 0.15) is 35.3 Å². The predicted molar refractivity (Wildman–Crippen MR) is 131 cm³/mol. The molecule has 200 valence electrons. The molecule has 4 heterocycles. The van der Waals surface area contributed by atoms with Crippen LogP contribution >= 0.6 is 0 Å². The number of hydrogen-bond donors (Lipinski definition) is 0. The molecule has 2 fully saturated rings. The van der Waals surface area contributed by atoms with Crippen LogP contribution in [0.5, 0.6) is 5.75 Å². The molecule has 0 radical (unpaired) electrons. The number of carbonyl (C=O) groups excluding carboxylic acids is 1. The molecule has 0 bridgehead atoms. The molecule has 3 aliphatic heterocycles. The summed E-state index contributed by atoms with van der Waals surface area (Å²) in [6.07, 6.45) is -2.83. The fourth-order valence-corrected chi connectivity index (χ4v) is 7.30. The summed E-state index contributed by atoms with van der Waals surface area (Å²) in [4.78, 5) is 14.2. The molecule has 7 nitrogen and oxygen atoms in total. The highest BCUT2D eigenvalue weighted by atomic mass is 32.2.